The number of Topliss-reactive ketones (excluding diaryl/α,β-unsaturated/α-hetero) is 1. The predicted octanol–water partition coefficient (Wildman–Crippen LogP) is 4.59. The molecule has 3 aromatic rings. The van der Waals surface area contributed by atoms with Crippen molar-refractivity contribution in [1.82, 2.24) is 15.1 Å². The van der Waals surface area contributed by atoms with Crippen LogP contribution >= 0.6 is 0 Å². The van der Waals surface area contributed by atoms with Crippen molar-refractivity contribution in [2.45, 2.75) is 33.0 Å². The molecular weight excluding hydrogens is 451 g/mol. The summed E-state index contributed by atoms with van der Waals surface area (Å²) in [5, 5.41) is 6.85. The molecule has 0 radical (unpaired) electrons. The first kappa shape index (κ1) is 24.8. The van der Waals surface area contributed by atoms with Gasteiger partial charge in [0.1, 0.15) is 0 Å². The van der Waals surface area contributed by atoms with Crippen LogP contribution in [0.4, 0.5) is 13.2 Å². The summed E-state index contributed by atoms with van der Waals surface area (Å²) in [5.74, 6) is -0.701. The van der Waals surface area contributed by atoms with Gasteiger partial charge in [0.05, 0.1) is 48.5 Å². The maximum absolute atomic E-state index is 13.1. The van der Waals surface area contributed by atoms with Crippen molar-refractivity contribution in [2.24, 2.45) is 0 Å². The Balaban J connectivity index is 1.85. The lowest BCUT2D eigenvalue weighted by Crippen LogP contribution is -2.33. The fourth-order valence-electron chi connectivity index (χ4n) is 3.62. The molecule has 1 N–H and O–H groups in total. The molecule has 180 valence electrons. The molecule has 1 heterocycles. The lowest BCUT2D eigenvalue weighted by molar-refractivity contribution is -0.137. The van der Waals surface area contributed by atoms with E-state index in [-0.39, 0.29) is 22.6 Å². The highest BCUT2D eigenvalue weighted by atomic mass is 19.4. The van der Waals surface area contributed by atoms with Gasteiger partial charge in [0.25, 0.3) is 11.7 Å². The SMILES string of the molecule is COc1ccc(C(C)NC(=O)C(=O)c2c(C)nn(-c3cccc(C(F)(F)F)c3)c2C)cc1OC. The fraction of sp³-hybridized carbons (Fsp3) is 0.292. The van der Waals surface area contributed by atoms with Crippen molar-refractivity contribution in [3.63, 3.8) is 0 Å². The normalized spacial score (nSPS) is 12.2. The van der Waals surface area contributed by atoms with E-state index >= 15 is 0 Å². The zero-order valence-electron chi connectivity index (χ0n) is 19.3. The van der Waals surface area contributed by atoms with Gasteiger partial charge in [-0.1, -0.05) is 12.1 Å². The van der Waals surface area contributed by atoms with E-state index in [1.165, 1.54) is 44.9 Å². The minimum absolute atomic E-state index is 0.0365. The van der Waals surface area contributed by atoms with Crippen LogP contribution in [0.15, 0.2) is 42.5 Å². The van der Waals surface area contributed by atoms with Gasteiger partial charge < -0.3 is 14.8 Å². The summed E-state index contributed by atoms with van der Waals surface area (Å²) < 4.78 is 51.0. The van der Waals surface area contributed by atoms with Gasteiger partial charge in [0.15, 0.2) is 11.5 Å². The number of alkyl halides is 3. The maximum Gasteiger partial charge on any atom is 0.416 e. The van der Waals surface area contributed by atoms with E-state index < -0.39 is 29.5 Å². The number of carbonyl (C=O) groups excluding carboxylic acids is 2. The first-order chi connectivity index (χ1) is 16.0. The highest BCUT2D eigenvalue weighted by Gasteiger charge is 2.31. The Bertz CT molecular complexity index is 1230. The zero-order valence-corrected chi connectivity index (χ0v) is 19.3. The minimum atomic E-state index is -4.52. The van der Waals surface area contributed by atoms with Gasteiger partial charge >= 0.3 is 6.18 Å². The lowest BCUT2D eigenvalue weighted by Gasteiger charge is -2.16. The van der Waals surface area contributed by atoms with Crippen LogP contribution in [-0.2, 0) is 11.0 Å². The van der Waals surface area contributed by atoms with Gasteiger partial charge in [-0.25, -0.2) is 4.68 Å². The quantitative estimate of drug-likeness (QED) is 0.399. The Labute approximate surface area is 194 Å². The number of amides is 1. The molecule has 7 nitrogen and oxygen atoms in total. The molecule has 2 aromatic carbocycles. The molecule has 0 aliphatic rings. The first-order valence-electron chi connectivity index (χ1n) is 10.3. The van der Waals surface area contributed by atoms with Gasteiger partial charge in [-0.2, -0.15) is 18.3 Å². The highest BCUT2D eigenvalue weighted by molar-refractivity contribution is 6.43. The van der Waals surface area contributed by atoms with Gasteiger partial charge in [-0.15, -0.1) is 0 Å². The number of methoxy groups -OCH3 is 2. The lowest BCUT2D eigenvalue weighted by atomic mass is 10.1. The molecule has 1 amide bonds. The molecule has 0 aliphatic carbocycles. The van der Waals surface area contributed by atoms with Crippen molar-refractivity contribution in [2.75, 3.05) is 14.2 Å². The van der Waals surface area contributed by atoms with E-state index in [1.807, 2.05) is 0 Å². The van der Waals surface area contributed by atoms with E-state index in [1.54, 1.807) is 25.1 Å². The molecule has 0 bridgehead atoms. The van der Waals surface area contributed by atoms with Crippen LogP contribution in [0.1, 0.15) is 45.8 Å². The van der Waals surface area contributed by atoms with Crippen LogP contribution in [0.3, 0.4) is 0 Å². The second-order valence-corrected chi connectivity index (χ2v) is 7.64. The van der Waals surface area contributed by atoms with Crippen LogP contribution in [0, 0.1) is 13.8 Å². The standard InChI is InChI=1S/C24H24F3N3O4/c1-13(16-9-10-19(33-4)20(11-16)34-5)28-23(32)22(31)21-14(2)29-30(15(21)3)18-8-6-7-17(12-18)24(25,26)27/h6-13H,1-5H3,(H,28,32). The summed E-state index contributed by atoms with van der Waals surface area (Å²) >= 11 is 0. The third kappa shape index (κ3) is 4.90. The molecule has 1 unspecified atom stereocenters. The molecule has 0 saturated heterocycles. The molecular formula is C24H24F3N3O4. The Kier molecular flexibility index (Phi) is 6.99. The predicted molar refractivity (Wildman–Crippen MR) is 118 cm³/mol. The van der Waals surface area contributed by atoms with E-state index in [0.29, 0.717) is 17.1 Å². The number of rotatable bonds is 7. The second-order valence-electron chi connectivity index (χ2n) is 7.64. The molecule has 0 saturated carbocycles. The van der Waals surface area contributed by atoms with Crippen molar-refractivity contribution < 1.29 is 32.2 Å². The summed E-state index contributed by atoms with van der Waals surface area (Å²) in [6.45, 7) is 4.76. The van der Waals surface area contributed by atoms with Crippen molar-refractivity contribution in [1.29, 1.82) is 0 Å². The smallest absolute Gasteiger partial charge is 0.416 e. The first-order valence-corrected chi connectivity index (χ1v) is 10.3. The van der Waals surface area contributed by atoms with Gasteiger partial charge in [-0.3, -0.25) is 9.59 Å². The number of nitrogens with zero attached hydrogens (tertiary/aromatic N) is 2. The topological polar surface area (TPSA) is 82.5 Å². The number of aromatic nitrogens is 2. The van der Waals surface area contributed by atoms with Gasteiger partial charge in [0.2, 0.25) is 0 Å². The molecule has 0 aliphatic heterocycles. The summed E-state index contributed by atoms with van der Waals surface area (Å²) in [6, 6.07) is 9.17. The maximum atomic E-state index is 13.1. The number of halogens is 3. The minimum Gasteiger partial charge on any atom is -0.493 e. The molecule has 1 aromatic heterocycles. The number of nitrogens with one attached hydrogen (secondary N) is 1. The number of ether oxygens (including phenoxy) is 2. The number of hydrogen-bond acceptors (Lipinski definition) is 5. The van der Waals surface area contributed by atoms with E-state index in [0.717, 1.165) is 12.1 Å². The van der Waals surface area contributed by atoms with Crippen LogP contribution in [0.2, 0.25) is 0 Å². The summed E-state index contributed by atoms with van der Waals surface area (Å²) in [7, 11) is 2.99. The Morgan fingerprint density at radius 1 is 1.03 bits per heavy atom. The monoisotopic (exact) mass is 475 g/mol. The number of ketones is 1. The number of carbonyl (C=O) groups is 2. The Hall–Kier alpha value is -3.82. The molecule has 34 heavy (non-hydrogen) atoms. The zero-order chi connectivity index (χ0) is 25.2. The van der Waals surface area contributed by atoms with E-state index in [4.69, 9.17) is 9.47 Å². The average molecular weight is 475 g/mol. The fourth-order valence-corrected chi connectivity index (χ4v) is 3.62. The van der Waals surface area contributed by atoms with E-state index in [2.05, 4.69) is 10.4 Å². The van der Waals surface area contributed by atoms with Crippen molar-refractivity contribution >= 4 is 11.7 Å². The van der Waals surface area contributed by atoms with Crippen molar-refractivity contribution in [3.05, 3.63) is 70.5 Å². The number of aryl methyl sites for hydroxylation is 1. The third-order valence-corrected chi connectivity index (χ3v) is 5.40. The van der Waals surface area contributed by atoms with Crippen LogP contribution in [0.5, 0.6) is 11.5 Å². The molecule has 0 spiro atoms. The molecule has 10 heteroatoms. The number of hydrogen-bond donors (Lipinski definition) is 1. The summed E-state index contributed by atoms with van der Waals surface area (Å²) in [6.07, 6.45) is -4.52. The van der Waals surface area contributed by atoms with Crippen LogP contribution in [-0.4, -0.2) is 35.7 Å². The van der Waals surface area contributed by atoms with Crippen LogP contribution < -0.4 is 14.8 Å². The molecule has 1 atom stereocenters. The molecule has 3 rings (SSSR count). The number of benzene rings is 2. The Morgan fingerprint density at radius 3 is 2.32 bits per heavy atom. The summed E-state index contributed by atoms with van der Waals surface area (Å²) in [4.78, 5) is 25.7. The second kappa shape index (κ2) is 9.58. The molecule has 0 fully saturated rings. The van der Waals surface area contributed by atoms with Gasteiger partial charge in [-0.05, 0) is 56.7 Å². The van der Waals surface area contributed by atoms with E-state index in [9.17, 15) is 22.8 Å². The largest absolute Gasteiger partial charge is 0.493 e. The van der Waals surface area contributed by atoms with Crippen molar-refractivity contribution in [3.8, 4) is 17.2 Å². The highest BCUT2D eigenvalue weighted by Crippen LogP contribution is 2.31. The van der Waals surface area contributed by atoms with Gasteiger partial charge in [0, 0.05) is 0 Å². The summed E-state index contributed by atoms with van der Waals surface area (Å²) in [5.41, 5.74) is 0.506. The Morgan fingerprint density at radius 2 is 1.71 bits per heavy atom. The van der Waals surface area contributed by atoms with Crippen LogP contribution in [0.25, 0.3) is 5.69 Å². The average Bonchev–Trinajstić information content (AvgIpc) is 3.11. The third-order valence-electron chi connectivity index (χ3n) is 5.40.